The molecule has 0 saturated carbocycles. The van der Waals surface area contributed by atoms with Crippen molar-refractivity contribution >= 4 is 17.4 Å². The van der Waals surface area contributed by atoms with Crippen LogP contribution in [0.3, 0.4) is 0 Å². The Hall–Kier alpha value is -2.62. The van der Waals surface area contributed by atoms with Crippen molar-refractivity contribution in [2.24, 2.45) is 5.92 Å². The van der Waals surface area contributed by atoms with Crippen LogP contribution in [0.5, 0.6) is 5.75 Å². The van der Waals surface area contributed by atoms with Gasteiger partial charge in [0.2, 0.25) is 5.91 Å². The van der Waals surface area contributed by atoms with Gasteiger partial charge < -0.3 is 9.64 Å². The summed E-state index contributed by atoms with van der Waals surface area (Å²) >= 11 is 0. The van der Waals surface area contributed by atoms with Crippen LogP contribution < -0.4 is 9.64 Å². The third-order valence-corrected chi connectivity index (χ3v) is 4.69. The fraction of sp³-hybridized carbons (Fsp3) is 0.300. The molecule has 0 fully saturated rings. The van der Waals surface area contributed by atoms with Crippen LogP contribution in [0.15, 0.2) is 48.5 Å². The number of rotatable bonds is 3. The number of fused-ring (bicyclic) bond motifs is 1. The number of carbonyl (C=O) groups excluding carboxylic acids is 2. The van der Waals surface area contributed by atoms with Crippen LogP contribution in [-0.4, -0.2) is 25.8 Å². The minimum Gasteiger partial charge on any atom is -0.497 e. The Balaban J connectivity index is 2.07. The molecule has 1 heterocycles. The molecule has 2 aromatic carbocycles. The average molecular weight is 323 g/mol. The highest BCUT2D eigenvalue weighted by molar-refractivity contribution is 6.05. The SMILES string of the molecule is COc1cccc(C(=O)C2CC(C)C(=O)N(C)c3ccccc32)c1. The van der Waals surface area contributed by atoms with Crippen LogP contribution in [0.1, 0.15) is 35.2 Å². The fourth-order valence-electron chi connectivity index (χ4n) is 3.34. The number of carbonyl (C=O) groups is 2. The van der Waals surface area contributed by atoms with Gasteiger partial charge in [-0.1, -0.05) is 37.3 Å². The summed E-state index contributed by atoms with van der Waals surface area (Å²) in [6, 6.07) is 14.8. The Bertz CT molecular complexity index is 784. The number of ether oxygens (including phenoxy) is 1. The molecule has 24 heavy (non-hydrogen) atoms. The number of hydrogen-bond donors (Lipinski definition) is 0. The van der Waals surface area contributed by atoms with Gasteiger partial charge in [0.1, 0.15) is 5.75 Å². The van der Waals surface area contributed by atoms with Crippen LogP contribution in [0, 0.1) is 5.92 Å². The molecule has 0 radical (unpaired) electrons. The summed E-state index contributed by atoms with van der Waals surface area (Å²) < 4.78 is 5.23. The molecule has 4 nitrogen and oxygen atoms in total. The first-order valence-electron chi connectivity index (χ1n) is 8.07. The van der Waals surface area contributed by atoms with Gasteiger partial charge in [0.25, 0.3) is 0 Å². The van der Waals surface area contributed by atoms with E-state index in [4.69, 9.17) is 4.74 Å². The molecule has 0 aromatic heterocycles. The van der Waals surface area contributed by atoms with Crippen molar-refractivity contribution in [2.45, 2.75) is 19.3 Å². The van der Waals surface area contributed by atoms with Crippen LogP contribution in [0.4, 0.5) is 5.69 Å². The number of para-hydroxylation sites is 1. The highest BCUT2D eigenvalue weighted by Gasteiger charge is 2.34. The second-order valence-corrected chi connectivity index (χ2v) is 6.24. The van der Waals surface area contributed by atoms with Gasteiger partial charge in [-0.3, -0.25) is 9.59 Å². The van der Waals surface area contributed by atoms with E-state index in [-0.39, 0.29) is 23.5 Å². The normalized spacial score (nSPS) is 20.3. The van der Waals surface area contributed by atoms with E-state index in [0.717, 1.165) is 11.3 Å². The van der Waals surface area contributed by atoms with Crippen molar-refractivity contribution in [3.63, 3.8) is 0 Å². The van der Waals surface area contributed by atoms with Gasteiger partial charge in [0, 0.05) is 24.2 Å². The second-order valence-electron chi connectivity index (χ2n) is 6.24. The maximum absolute atomic E-state index is 13.2. The first kappa shape index (κ1) is 16.2. The van der Waals surface area contributed by atoms with Crippen LogP contribution in [0.25, 0.3) is 0 Å². The Kier molecular flexibility index (Phi) is 4.38. The van der Waals surface area contributed by atoms with Gasteiger partial charge in [-0.15, -0.1) is 0 Å². The number of ketones is 1. The molecule has 2 unspecified atom stereocenters. The maximum atomic E-state index is 13.2. The summed E-state index contributed by atoms with van der Waals surface area (Å²) in [5, 5.41) is 0. The third kappa shape index (κ3) is 2.80. The van der Waals surface area contributed by atoms with Crippen molar-refractivity contribution in [1.29, 1.82) is 0 Å². The largest absolute Gasteiger partial charge is 0.497 e. The molecule has 2 aromatic rings. The molecule has 0 bridgehead atoms. The van der Waals surface area contributed by atoms with Crippen LogP contribution >= 0.6 is 0 Å². The predicted molar refractivity (Wildman–Crippen MR) is 93.7 cm³/mol. The molecule has 1 aliphatic heterocycles. The number of amides is 1. The van der Waals surface area contributed by atoms with Crippen molar-refractivity contribution < 1.29 is 14.3 Å². The second kappa shape index (κ2) is 6.48. The first-order valence-corrected chi connectivity index (χ1v) is 8.07. The van der Waals surface area contributed by atoms with Crippen LogP contribution in [-0.2, 0) is 4.79 Å². The molecule has 0 spiro atoms. The topological polar surface area (TPSA) is 46.6 Å². The number of methoxy groups -OCH3 is 1. The monoisotopic (exact) mass is 323 g/mol. The van der Waals surface area contributed by atoms with Crippen molar-refractivity contribution in [3.05, 3.63) is 59.7 Å². The minimum atomic E-state index is -0.336. The first-order chi connectivity index (χ1) is 11.5. The average Bonchev–Trinajstić information content (AvgIpc) is 2.72. The van der Waals surface area contributed by atoms with Crippen molar-refractivity contribution in [3.8, 4) is 5.75 Å². The Morgan fingerprint density at radius 2 is 1.92 bits per heavy atom. The van der Waals surface area contributed by atoms with E-state index in [1.807, 2.05) is 43.3 Å². The minimum absolute atomic E-state index is 0.0244. The maximum Gasteiger partial charge on any atom is 0.229 e. The summed E-state index contributed by atoms with van der Waals surface area (Å²) in [6.07, 6.45) is 0.510. The predicted octanol–water partition coefficient (Wildman–Crippen LogP) is 3.66. The van der Waals surface area contributed by atoms with E-state index in [2.05, 4.69) is 0 Å². The molecule has 3 rings (SSSR count). The van der Waals surface area contributed by atoms with Crippen molar-refractivity contribution in [1.82, 2.24) is 0 Å². The smallest absolute Gasteiger partial charge is 0.229 e. The summed E-state index contributed by atoms with van der Waals surface area (Å²) in [6.45, 7) is 1.89. The van der Waals surface area contributed by atoms with Gasteiger partial charge >= 0.3 is 0 Å². The number of nitrogens with zero attached hydrogens (tertiary/aromatic N) is 1. The lowest BCUT2D eigenvalue weighted by molar-refractivity contribution is -0.121. The number of Topliss-reactive ketones (excluding diaryl/α,β-unsaturated/α-hetero) is 1. The molecule has 0 aliphatic carbocycles. The van der Waals surface area contributed by atoms with Crippen LogP contribution in [0.2, 0.25) is 0 Å². The molecular formula is C20H21NO3. The van der Waals surface area contributed by atoms with E-state index in [1.54, 1.807) is 31.2 Å². The Morgan fingerprint density at radius 1 is 1.17 bits per heavy atom. The van der Waals surface area contributed by atoms with Crippen molar-refractivity contribution in [2.75, 3.05) is 19.1 Å². The van der Waals surface area contributed by atoms with E-state index < -0.39 is 0 Å². The lowest BCUT2D eigenvalue weighted by Crippen LogP contribution is -2.30. The molecule has 0 saturated heterocycles. The standard InChI is InChI=1S/C20H21NO3/c1-13-11-17(19(22)14-7-6-8-15(12-14)24-3)16-9-4-5-10-18(16)21(2)20(13)23/h4-10,12-13,17H,11H2,1-3H3. The van der Waals surface area contributed by atoms with Gasteiger partial charge in [0.05, 0.1) is 13.0 Å². The van der Waals surface area contributed by atoms with Gasteiger partial charge in [0.15, 0.2) is 5.78 Å². The van der Waals surface area contributed by atoms with Gasteiger partial charge in [-0.05, 0) is 30.2 Å². The van der Waals surface area contributed by atoms with E-state index in [9.17, 15) is 9.59 Å². The number of anilines is 1. The zero-order valence-corrected chi connectivity index (χ0v) is 14.2. The summed E-state index contributed by atoms with van der Waals surface area (Å²) in [7, 11) is 3.36. The molecule has 1 aliphatic rings. The zero-order chi connectivity index (χ0) is 17.3. The highest BCUT2D eigenvalue weighted by Crippen LogP contribution is 2.38. The van der Waals surface area contributed by atoms with Gasteiger partial charge in [-0.2, -0.15) is 0 Å². The number of hydrogen-bond acceptors (Lipinski definition) is 3. The molecule has 4 heteroatoms. The molecule has 1 amide bonds. The molecule has 124 valence electrons. The summed E-state index contributed by atoms with van der Waals surface area (Å²) in [5.74, 6) is 0.183. The van der Waals surface area contributed by atoms with E-state index in [0.29, 0.717) is 17.7 Å². The molecular weight excluding hydrogens is 302 g/mol. The highest BCUT2D eigenvalue weighted by atomic mass is 16.5. The number of benzene rings is 2. The van der Waals surface area contributed by atoms with E-state index in [1.165, 1.54) is 0 Å². The quantitative estimate of drug-likeness (QED) is 0.810. The molecule has 0 N–H and O–H groups in total. The molecule has 2 atom stereocenters. The fourth-order valence-corrected chi connectivity index (χ4v) is 3.34. The lowest BCUT2D eigenvalue weighted by Gasteiger charge is -2.20. The zero-order valence-electron chi connectivity index (χ0n) is 14.2. The van der Waals surface area contributed by atoms with E-state index >= 15 is 0 Å². The lowest BCUT2D eigenvalue weighted by atomic mass is 9.84. The Labute approximate surface area is 142 Å². The van der Waals surface area contributed by atoms with Gasteiger partial charge in [-0.25, -0.2) is 0 Å². The third-order valence-electron chi connectivity index (χ3n) is 4.69. The Morgan fingerprint density at radius 3 is 2.67 bits per heavy atom. The summed E-state index contributed by atoms with van der Waals surface area (Å²) in [5.41, 5.74) is 2.33. The summed E-state index contributed by atoms with van der Waals surface area (Å²) in [4.78, 5) is 27.3.